The van der Waals surface area contributed by atoms with Crippen molar-refractivity contribution in [2.45, 2.75) is 4.90 Å². The second kappa shape index (κ2) is 10.3. The van der Waals surface area contributed by atoms with Gasteiger partial charge >= 0.3 is 5.97 Å². The van der Waals surface area contributed by atoms with Crippen molar-refractivity contribution in [2.75, 3.05) is 14.2 Å². The van der Waals surface area contributed by atoms with Crippen LogP contribution in [-0.4, -0.2) is 34.8 Å². The van der Waals surface area contributed by atoms with Crippen LogP contribution in [-0.2, 0) is 10.0 Å². The molecule has 0 aliphatic heterocycles. The molecule has 0 saturated carbocycles. The number of esters is 1. The minimum atomic E-state index is -3.86. The summed E-state index contributed by atoms with van der Waals surface area (Å²) in [6, 6.07) is 23.4. The largest absolute Gasteiger partial charge is 0.493 e. The van der Waals surface area contributed by atoms with Crippen LogP contribution in [0.1, 0.15) is 15.9 Å². The topological polar surface area (TPSA) is 103 Å². The molecule has 0 saturated heterocycles. The maximum Gasteiger partial charge on any atom is 0.343 e. The summed E-state index contributed by atoms with van der Waals surface area (Å²) in [5, 5.41) is 5.54. The zero-order valence-electron chi connectivity index (χ0n) is 19.0. The number of hydrazone groups is 1. The van der Waals surface area contributed by atoms with E-state index in [1.807, 2.05) is 24.3 Å². The van der Waals surface area contributed by atoms with E-state index in [9.17, 15) is 13.2 Å². The molecule has 0 heterocycles. The predicted molar refractivity (Wildman–Crippen MR) is 133 cm³/mol. The summed E-state index contributed by atoms with van der Waals surface area (Å²) in [4.78, 5) is 15.2. The van der Waals surface area contributed by atoms with Gasteiger partial charge in [0.05, 0.1) is 30.9 Å². The van der Waals surface area contributed by atoms with Gasteiger partial charge in [-0.15, -0.1) is 0 Å². The van der Waals surface area contributed by atoms with Crippen molar-refractivity contribution in [3.8, 4) is 17.2 Å². The van der Waals surface area contributed by atoms with Crippen LogP contribution in [0.4, 0.5) is 0 Å². The Balaban J connectivity index is 1.66. The van der Waals surface area contributed by atoms with E-state index in [0.717, 1.165) is 10.8 Å². The quantitative estimate of drug-likeness (QED) is 0.170. The number of sulfonamides is 1. The summed E-state index contributed by atoms with van der Waals surface area (Å²) in [6.07, 6.45) is 1.32. The third-order valence-electron chi connectivity index (χ3n) is 5.17. The van der Waals surface area contributed by atoms with Crippen molar-refractivity contribution in [1.29, 1.82) is 0 Å². The van der Waals surface area contributed by atoms with Gasteiger partial charge in [-0.2, -0.15) is 13.5 Å². The van der Waals surface area contributed by atoms with Crippen molar-refractivity contribution in [3.05, 3.63) is 96.1 Å². The van der Waals surface area contributed by atoms with Gasteiger partial charge < -0.3 is 14.2 Å². The van der Waals surface area contributed by atoms with Gasteiger partial charge in [0, 0.05) is 5.56 Å². The first-order chi connectivity index (χ1) is 16.9. The molecule has 0 radical (unpaired) electrons. The molecule has 4 aromatic rings. The minimum absolute atomic E-state index is 0.0789. The fourth-order valence-corrected chi connectivity index (χ4v) is 4.24. The first-order valence-corrected chi connectivity index (χ1v) is 12.0. The van der Waals surface area contributed by atoms with Crippen molar-refractivity contribution in [3.63, 3.8) is 0 Å². The Hall–Kier alpha value is -4.37. The third kappa shape index (κ3) is 5.25. The van der Waals surface area contributed by atoms with Gasteiger partial charge in [-0.1, -0.05) is 48.5 Å². The lowest BCUT2D eigenvalue weighted by atomic mass is 10.0. The number of benzene rings is 4. The van der Waals surface area contributed by atoms with E-state index >= 15 is 0 Å². The van der Waals surface area contributed by atoms with Crippen molar-refractivity contribution < 1.29 is 27.4 Å². The lowest BCUT2D eigenvalue weighted by molar-refractivity contribution is 0.0734. The number of methoxy groups -OCH3 is 2. The number of hydrogen-bond acceptors (Lipinski definition) is 7. The van der Waals surface area contributed by atoms with Crippen LogP contribution in [0.15, 0.2) is 94.9 Å². The fourth-order valence-electron chi connectivity index (χ4n) is 3.43. The SMILES string of the molecule is COc1ccc(C(=O)Oc2ccc3ccccc3c2C=NNS(=O)(=O)c2ccccc2)cc1OC. The third-order valence-corrected chi connectivity index (χ3v) is 6.41. The molecule has 4 aromatic carbocycles. The average molecular weight is 491 g/mol. The molecule has 9 heteroatoms. The number of fused-ring (bicyclic) bond motifs is 1. The summed E-state index contributed by atoms with van der Waals surface area (Å²) < 4.78 is 41.2. The zero-order chi connectivity index (χ0) is 24.8. The summed E-state index contributed by atoms with van der Waals surface area (Å²) in [5.74, 6) is 0.456. The molecule has 35 heavy (non-hydrogen) atoms. The maximum absolute atomic E-state index is 12.9. The Labute approximate surface area is 202 Å². The van der Waals surface area contributed by atoms with Crippen LogP contribution >= 0.6 is 0 Å². The molecule has 0 unspecified atom stereocenters. The molecule has 0 aromatic heterocycles. The maximum atomic E-state index is 12.9. The van der Waals surface area contributed by atoms with Gasteiger partial charge in [0.25, 0.3) is 10.0 Å². The first-order valence-electron chi connectivity index (χ1n) is 10.5. The predicted octanol–water partition coefficient (Wildman–Crippen LogP) is 4.39. The molecular formula is C26H22N2O6S. The van der Waals surface area contributed by atoms with Gasteiger partial charge in [-0.05, 0) is 47.2 Å². The second-order valence-electron chi connectivity index (χ2n) is 7.32. The lowest BCUT2D eigenvalue weighted by Gasteiger charge is -2.12. The molecule has 8 nitrogen and oxygen atoms in total. The molecule has 0 amide bonds. The number of carbonyl (C=O) groups is 1. The van der Waals surface area contributed by atoms with Gasteiger partial charge in [-0.25, -0.2) is 9.63 Å². The number of nitrogens with zero attached hydrogens (tertiary/aromatic N) is 1. The molecule has 0 spiro atoms. The summed E-state index contributed by atoms with van der Waals surface area (Å²) in [7, 11) is -0.882. The van der Waals surface area contributed by atoms with Crippen LogP contribution in [0.5, 0.6) is 17.2 Å². The molecule has 0 aliphatic carbocycles. The smallest absolute Gasteiger partial charge is 0.343 e. The number of rotatable bonds is 8. The Morgan fingerprint density at radius 2 is 1.51 bits per heavy atom. The summed E-state index contributed by atoms with van der Waals surface area (Å²) in [6.45, 7) is 0. The van der Waals surface area contributed by atoms with Crippen molar-refractivity contribution >= 4 is 33.0 Å². The van der Waals surface area contributed by atoms with Gasteiger partial charge in [0.15, 0.2) is 11.5 Å². The highest BCUT2D eigenvalue weighted by atomic mass is 32.2. The Bertz CT molecular complexity index is 1500. The Morgan fingerprint density at radius 1 is 0.829 bits per heavy atom. The molecule has 4 rings (SSSR count). The summed E-state index contributed by atoms with van der Waals surface area (Å²) >= 11 is 0. The zero-order valence-corrected chi connectivity index (χ0v) is 19.8. The van der Waals surface area contributed by atoms with Crippen LogP contribution < -0.4 is 19.0 Å². The van der Waals surface area contributed by atoms with E-state index < -0.39 is 16.0 Å². The normalized spacial score (nSPS) is 11.4. The molecule has 0 atom stereocenters. The second-order valence-corrected chi connectivity index (χ2v) is 8.98. The minimum Gasteiger partial charge on any atom is -0.493 e. The van der Waals surface area contributed by atoms with Gasteiger partial charge in [0.2, 0.25) is 0 Å². The van der Waals surface area contributed by atoms with Crippen LogP contribution in [0.25, 0.3) is 10.8 Å². The van der Waals surface area contributed by atoms with Gasteiger partial charge in [0.1, 0.15) is 5.75 Å². The van der Waals surface area contributed by atoms with E-state index in [4.69, 9.17) is 14.2 Å². The number of carbonyl (C=O) groups excluding carboxylic acids is 1. The highest BCUT2D eigenvalue weighted by Crippen LogP contribution is 2.30. The van der Waals surface area contributed by atoms with Crippen LogP contribution in [0.2, 0.25) is 0 Å². The molecular weight excluding hydrogens is 468 g/mol. The number of ether oxygens (including phenoxy) is 3. The molecule has 0 bridgehead atoms. The highest BCUT2D eigenvalue weighted by molar-refractivity contribution is 7.89. The standard InChI is InChI=1S/C26H22N2O6S/c1-32-24-15-13-19(16-25(24)33-2)26(29)34-23-14-12-18-8-6-7-11-21(18)22(23)17-27-28-35(30,31)20-9-4-3-5-10-20/h3-17,28H,1-2H3. The number of hydrogen-bond donors (Lipinski definition) is 1. The van der Waals surface area contributed by atoms with Crippen molar-refractivity contribution in [2.24, 2.45) is 5.10 Å². The Morgan fingerprint density at radius 3 is 2.26 bits per heavy atom. The molecule has 178 valence electrons. The summed E-state index contributed by atoms with van der Waals surface area (Å²) in [5.41, 5.74) is 0.691. The average Bonchev–Trinajstić information content (AvgIpc) is 2.89. The fraction of sp³-hybridized carbons (Fsp3) is 0.0769. The monoisotopic (exact) mass is 490 g/mol. The molecule has 0 fully saturated rings. The van der Waals surface area contributed by atoms with E-state index in [-0.39, 0.29) is 16.2 Å². The lowest BCUT2D eigenvalue weighted by Crippen LogP contribution is -2.18. The van der Waals surface area contributed by atoms with E-state index in [1.165, 1.54) is 38.6 Å². The first kappa shape index (κ1) is 23.8. The van der Waals surface area contributed by atoms with E-state index in [2.05, 4.69) is 9.93 Å². The van der Waals surface area contributed by atoms with Crippen LogP contribution in [0.3, 0.4) is 0 Å². The molecule has 0 aliphatic rings. The van der Waals surface area contributed by atoms with Gasteiger partial charge in [-0.3, -0.25) is 0 Å². The highest BCUT2D eigenvalue weighted by Gasteiger charge is 2.17. The van der Waals surface area contributed by atoms with Crippen molar-refractivity contribution in [1.82, 2.24) is 4.83 Å². The van der Waals surface area contributed by atoms with E-state index in [1.54, 1.807) is 42.5 Å². The number of nitrogens with one attached hydrogen (secondary N) is 1. The van der Waals surface area contributed by atoms with Crippen LogP contribution in [0, 0.1) is 0 Å². The molecule has 1 N–H and O–H groups in total. The Kier molecular flexibility index (Phi) is 6.98. The van der Waals surface area contributed by atoms with E-state index in [0.29, 0.717) is 17.1 Å².